The SMILES string of the molecule is N/C(CCCNC1COc2ccccc21)=N\O. The third-order valence-corrected chi connectivity index (χ3v) is 2.83. The normalized spacial score (nSPS) is 18.8. The highest BCUT2D eigenvalue weighted by molar-refractivity contribution is 5.79. The van der Waals surface area contributed by atoms with Crippen LogP contribution >= 0.6 is 0 Å². The van der Waals surface area contributed by atoms with Gasteiger partial charge >= 0.3 is 0 Å². The first kappa shape index (κ1) is 11.7. The number of amidine groups is 1. The molecule has 92 valence electrons. The molecule has 1 aliphatic heterocycles. The first-order valence-corrected chi connectivity index (χ1v) is 5.73. The van der Waals surface area contributed by atoms with Crippen LogP contribution < -0.4 is 15.8 Å². The van der Waals surface area contributed by atoms with Crippen LogP contribution in [0.2, 0.25) is 0 Å². The van der Waals surface area contributed by atoms with Crippen LogP contribution in [0.15, 0.2) is 29.4 Å². The predicted octanol–water partition coefficient (Wildman–Crippen LogP) is 1.24. The summed E-state index contributed by atoms with van der Waals surface area (Å²) >= 11 is 0. The summed E-state index contributed by atoms with van der Waals surface area (Å²) in [6.45, 7) is 1.49. The largest absolute Gasteiger partial charge is 0.491 e. The molecule has 0 amide bonds. The summed E-state index contributed by atoms with van der Waals surface area (Å²) < 4.78 is 5.56. The quantitative estimate of drug-likeness (QED) is 0.236. The zero-order chi connectivity index (χ0) is 12.1. The Morgan fingerprint density at radius 1 is 1.53 bits per heavy atom. The van der Waals surface area contributed by atoms with Gasteiger partial charge in [-0.15, -0.1) is 0 Å². The van der Waals surface area contributed by atoms with Crippen molar-refractivity contribution in [2.45, 2.75) is 18.9 Å². The molecule has 0 spiro atoms. The molecule has 0 saturated carbocycles. The zero-order valence-corrected chi connectivity index (χ0v) is 9.60. The number of oxime groups is 1. The molecule has 1 aromatic rings. The monoisotopic (exact) mass is 235 g/mol. The van der Waals surface area contributed by atoms with E-state index in [4.69, 9.17) is 15.7 Å². The van der Waals surface area contributed by atoms with E-state index in [-0.39, 0.29) is 11.9 Å². The molecule has 0 aliphatic carbocycles. The molecule has 1 aromatic carbocycles. The Balaban J connectivity index is 1.78. The Morgan fingerprint density at radius 3 is 3.18 bits per heavy atom. The molecular formula is C12H17N3O2. The maximum absolute atomic E-state index is 8.40. The van der Waals surface area contributed by atoms with Gasteiger partial charge in [0.25, 0.3) is 0 Å². The summed E-state index contributed by atoms with van der Waals surface area (Å²) in [6, 6.07) is 8.29. The van der Waals surface area contributed by atoms with Crippen molar-refractivity contribution in [1.82, 2.24) is 5.32 Å². The molecule has 1 atom stereocenters. The molecule has 1 unspecified atom stereocenters. The maximum Gasteiger partial charge on any atom is 0.139 e. The van der Waals surface area contributed by atoms with Crippen molar-refractivity contribution in [3.8, 4) is 5.75 Å². The predicted molar refractivity (Wildman–Crippen MR) is 65.3 cm³/mol. The highest BCUT2D eigenvalue weighted by atomic mass is 16.5. The zero-order valence-electron chi connectivity index (χ0n) is 9.60. The first-order chi connectivity index (χ1) is 8.31. The van der Waals surface area contributed by atoms with Gasteiger partial charge in [0.15, 0.2) is 0 Å². The summed E-state index contributed by atoms with van der Waals surface area (Å²) in [5.41, 5.74) is 6.60. The lowest BCUT2D eigenvalue weighted by Gasteiger charge is -2.10. The number of benzene rings is 1. The van der Waals surface area contributed by atoms with Gasteiger partial charge in [-0.3, -0.25) is 0 Å². The standard InChI is InChI=1S/C12H17N3O2/c13-12(15-16)6-3-7-14-10-8-17-11-5-2-1-4-9(10)11/h1-2,4-5,10,14,16H,3,6-8H2,(H2,13,15). The fourth-order valence-corrected chi connectivity index (χ4v) is 1.93. The van der Waals surface area contributed by atoms with E-state index in [1.165, 1.54) is 5.56 Å². The van der Waals surface area contributed by atoms with Crippen LogP contribution in [-0.4, -0.2) is 24.2 Å². The molecule has 0 aromatic heterocycles. The summed E-state index contributed by atoms with van der Waals surface area (Å²) in [7, 11) is 0. The summed E-state index contributed by atoms with van der Waals surface area (Å²) in [5, 5.41) is 14.7. The van der Waals surface area contributed by atoms with E-state index < -0.39 is 0 Å². The number of nitrogens with one attached hydrogen (secondary N) is 1. The second-order valence-electron chi connectivity index (χ2n) is 4.05. The number of nitrogens with zero attached hydrogens (tertiary/aromatic N) is 1. The number of hydrogen-bond acceptors (Lipinski definition) is 4. The summed E-state index contributed by atoms with van der Waals surface area (Å²) in [5.74, 6) is 1.23. The Kier molecular flexibility index (Phi) is 3.82. The Morgan fingerprint density at radius 2 is 2.35 bits per heavy atom. The highest BCUT2D eigenvalue weighted by Crippen LogP contribution is 2.31. The fourth-order valence-electron chi connectivity index (χ4n) is 1.93. The molecule has 0 saturated heterocycles. The van der Waals surface area contributed by atoms with E-state index in [2.05, 4.69) is 16.5 Å². The van der Waals surface area contributed by atoms with Crippen LogP contribution in [-0.2, 0) is 0 Å². The van der Waals surface area contributed by atoms with E-state index in [1.807, 2.05) is 18.2 Å². The molecule has 4 N–H and O–H groups in total. The smallest absolute Gasteiger partial charge is 0.139 e. The van der Waals surface area contributed by atoms with Crippen molar-refractivity contribution in [1.29, 1.82) is 0 Å². The maximum atomic E-state index is 8.40. The molecule has 17 heavy (non-hydrogen) atoms. The topological polar surface area (TPSA) is 79.9 Å². The molecule has 0 radical (unpaired) electrons. The number of nitrogens with two attached hydrogens (primary N) is 1. The molecule has 5 heteroatoms. The van der Waals surface area contributed by atoms with Gasteiger partial charge in [0.05, 0.1) is 6.04 Å². The third-order valence-electron chi connectivity index (χ3n) is 2.83. The van der Waals surface area contributed by atoms with Gasteiger partial charge in [0.1, 0.15) is 18.2 Å². The van der Waals surface area contributed by atoms with Gasteiger partial charge in [0, 0.05) is 12.0 Å². The number of fused-ring (bicyclic) bond motifs is 1. The van der Waals surface area contributed by atoms with E-state index >= 15 is 0 Å². The minimum absolute atomic E-state index is 0.249. The van der Waals surface area contributed by atoms with Crippen LogP contribution in [0.4, 0.5) is 0 Å². The lowest BCUT2D eigenvalue weighted by atomic mass is 10.1. The van der Waals surface area contributed by atoms with Crippen molar-refractivity contribution >= 4 is 5.84 Å². The van der Waals surface area contributed by atoms with Gasteiger partial charge in [0.2, 0.25) is 0 Å². The van der Waals surface area contributed by atoms with Gasteiger partial charge < -0.3 is 21.0 Å². The van der Waals surface area contributed by atoms with Gasteiger partial charge in [-0.25, -0.2) is 0 Å². The molecule has 1 aliphatic rings. The van der Waals surface area contributed by atoms with Gasteiger partial charge in [-0.2, -0.15) is 0 Å². The lowest BCUT2D eigenvalue weighted by Crippen LogP contribution is -2.24. The lowest BCUT2D eigenvalue weighted by molar-refractivity contribution is 0.310. The average Bonchev–Trinajstić information content (AvgIpc) is 2.78. The molecule has 2 rings (SSSR count). The summed E-state index contributed by atoms with van der Waals surface area (Å²) in [6.07, 6.45) is 1.44. The van der Waals surface area contributed by atoms with Crippen molar-refractivity contribution in [3.05, 3.63) is 29.8 Å². The van der Waals surface area contributed by atoms with Crippen molar-refractivity contribution in [3.63, 3.8) is 0 Å². The number of rotatable bonds is 5. The van der Waals surface area contributed by atoms with Crippen molar-refractivity contribution in [2.24, 2.45) is 10.9 Å². The van der Waals surface area contributed by atoms with E-state index in [0.29, 0.717) is 13.0 Å². The number of hydrogen-bond donors (Lipinski definition) is 3. The molecular weight excluding hydrogens is 218 g/mol. The molecule has 5 nitrogen and oxygen atoms in total. The Bertz CT molecular complexity index is 406. The fraction of sp³-hybridized carbons (Fsp3) is 0.417. The van der Waals surface area contributed by atoms with E-state index in [9.17, 15) is 0 Å². The highest BCUT2D eigenvalue weighted by Gasteiger charge is 2.22. The minimum atomic E-state index is 0.249. The van der Waals surface area contributed by atoms with E-state index in [1.54, 1.807) is 0 Å². The summed E-state index contributed by atoms with van der Waals surface area (Å²) in [4.78, 5) is 0. The van der Waals surface area contributed by atoms with Crippen LogP contribution in [0.1, 0.15) is 24.4 Å². The molecule has 0 bridgehead atoms. The van der Waals surface area contributed by atoms with E-state index in [0.717, 1.165) is 18.7 Å². The number of ether oxygens (including phenoxy) is 1. The van der Waals surface area contributed by atoms with Crippen molar-refractivity contribution in [2.75, 3.05) is 13.2 Å². The van der Waals surface area contributed by atoms with Crippen molar-refractivity contribution < 1.29 is 9.94 Å². The van der Waals surface area contributed by atoms with Crippen LogP contribution in [0, 0.1) is 0 Å². The Hall–Kier alpha value is -1.75. The molecule has 0 fully saturated rings. The third kappa shape index (κ3) is 2.88. The van der Waals surface area contributed by atoms with Crippen LogP contribution in [0.3, 0.4) is 0 Å². The second kappa shape index (κ2) is 5.54. The number of para-hydroxylation sites is 1. The minimum Gasteiger partial charge on any atom is -0.491 e. The van der Waals surface area contributed by atoms with Gasteiger partial charge in [-0.1, -0.05) is 23.4 Å². The van der Waals surface area contributed by atoms with Gasteiger partial charge in [-0.05, 0) is 19.0 Å². The van der Waals surface area contributed by atoms with Crippen LogP contribution in [0.25, 0.3) is 0 Å². The first-order valence-electron chi connectivity index (χ1n) is 5.73. The van der Waals surface area contributed by atoms with Crippen LogP contribution in [0.5, 0.6) is 5.75 Å². The average molecular weight is 235 g/mol. The molecule has 1 heterocycles. The second-order valence-corrected chi connectivity index (χ2v) is 4.05. The Labute approximate surface area is 100 Å².